The SMILES string of the molecule is CCN(c1ccncc1)S(=O)(=O)c1cc(C)c(C)c(N)c1. The van der Waals surface area contributed by atoms with E-state index in [1.54, 1.807) is 37.5 Å². The minimum atomic E-state index is -3.64. The minimum absolute atomic E-state index is 0.210. The number of nitrogens with two attached hydrogens (primary N) is 1. The summed E-state index contributed by atoms with van der Waals surface area (Å²) in [6.45, 7) is 5.86. The fraction of sp³-hybridized carbons (Fsp3) is 0.267. The molecule has 6 heteroatoms. The zero-order valence-corrected chi connectivity index (χ0v) is 13.2. The lowest BCUT2D eigenvalue weighted by Gasteiger charge is -2.23. The molecule has 0 fully saturated rings. The molecule has 2 aromatic rings. The molecule has 0 aliphatic rings. The van der Waals surface area contributed by atoms with Crippen LogP contribution in [0.25, 0.3) is 0 Å². The Morgan fingerprint density at radius 2 is 1.81 bits per heavy atom. The summed E-state index contributed by atoms with van der Waals surface area (Å²) >= 11 is 0. The van der Waals surface area contributed by atoms with Gasteiger partial charge in [-0.1, -0.05) is 0 Å². The van der Waals surface area contributed by atoms with Crippen molar-refractivity contribution >= 4 is 21.4 Å². The van der Waals surface area contributed by atoms with Crippen molar-refractivity contribution in [1.82, 2.24) is 4.98 Å². The number of aryl methyl sites for hydroxylation is 1. The Morgan fingerprint density at radius 3 is 2.33 bits per heavy atom. The topological polar surface area (TPSA) is 76.3 Å². The summed E-state index contributed by atoms with van der Waals surface area (Å²) in [6.07, 6.45) is 3.14. The number of anilines is 2. The van der Waals surface area contributed by atoms with Gasteiger partial charge in [-0.15, -0.1) is 0 Å². The molecule has 0 bridgehead atoms. The van der Waals surface area contributed by atoms with Crippen LogP contribution in [0.4, 0.5) is 11.4 Å². The van der Waals surface area contributed by atoms with Crippen molar-refractivity contribution in [2.75, 3.05) is 16.6 Å². The Bertz CT molecular complexity index is 720. The fourth-order valence-electron chi connectivity index (χ4n) is 2.13. The van der Waals surface area contributed by atoms with Crippen LogP contribution in [-0.2, 0) is 10.0 Å². The van der Waals surface area contributed by atoms with Crippen molar-refractivity contribution in [3.8, 4) is 0 Å². The van der Waals surface area contributed by atoms with Crippen molar-refractivity contribution in [2.24, 2.45) is 0 Å². The van der Waals surface area contributed by atoms with Crippen molar-refractivity contribution in [3.63, 3.8) is 0 Å². The van der Waals surface area contributed by atoms with Gasteiger partial charge in [0.1, 0.15) is 0 Å². The molecule has 1 heterocycles. The summed E-state index contributed by atoms with van der Waals surface area (Å²) < 4.78 is 27.0. The molecule has 1 aromatic carbocycles. The van der Waals surface area contributed by atoms with Gasteiger partial charge in [-0.25, -0.2) is 8.42 Å². The first-order valence-corrected chi connectivity index (χ1v) is 8.11. The summed E-state index contributed by atoms with van der Waals surface area (Å²) in [6, 6.07) is 6.52. The van der Waals surface area contributed by atoms with Crippen LogP contribution in [0.15, 0.2) is 41.6 Å². The zero-order valence-electron chi connectivity index (χ0n) is 12.4. The van der Waals surface area contributed by atoms with Crippen molar-refractivity contribution in [1.29, 1.82) is 0 Å². The van der Waals surface area contributed by atoms with Crippen molar-refractivity contribution < 1.29 is 8.42 Å². The highest BCUT2D eigenvalue weighted by Gasteiger charge is 2.24. The summed E-state index contributed by atoms with van der Waals surface area (Å²) in [5, 5.41) is 0. The van der Waals surface area contributed by atoms with Gasteiger partial charge in [0.05, 0.1) is 10.6 Å². The number of hydrogen-bond donors (Lipinski definition) is 1. The van der Waals surface area contributed by atoms with Gasteiger partial charge < -0.3 is 5.73 Å². The first kappa shape index (κ1) is 15.3. The van der Waals surface area contributed by atoms with Gasteiger partial charge in [0.25, 0.3) is 10.0 Å². The summed E-state index contributed by atoms with van der Waals surface area (Å²) in [4.78, 5) is 4.13. The number of aromatic nitrogens is 1. The third-order valence-electron chi connectivity index (χ3n) is 3.51. The van der Waals surface area contributed by atoms with E-state index in [0.717, 1.165) is 11.1 Å². The van der Waals surface area contributed by atoms with Crippen LogP contribution < -0.4 is 10.0 Å². The first-order chi connectivity index (χ1) is 9.87. The van der Waals surface area contributed by atoms with Gasteiger partial charge in [-0.05, 0) is 56.2 Å². The molecular weight excluding hydrogens is 286 g/mol. The second kappa shape index (κ2) is 5.73. The van der Waals surface area contributed by atoms with Crippen LogP contribution in [0, 0.1) is 13.8 Å². The van der Waals surface area contributed by atoms with Crippen LogP contribution in [0.1, 0.15) is 18.1 Å². The second-order valence-electron chi connectivity index (χ2n) is 4.83. The summed E-state index contributed by atoms with van der Waals surface area (Å²) in [5.74, 6) is 0. The average molecular weight is 305 g/mol. The maximum absolute atomic E-state index is 12.8. The molecule has 5 nitrogen and oxygen atoms in total. The molecule has 112 valence electrons. The maximum atomic E-state index is 12.8. The summed E-state index contributed by atoms with van der Waals surface area (Å²) in [7, 11) is -3.64. The predicted molar refractivity (Wildman–Crippen MR) is 84.8 cm³/mol. The predicted octanol–water partition coefficient (Wildman–Crippen LogP) is 2.50. The molecule has 2 N–H and O–H groups in total. The average Bonchev–Trinajstić information content (AvgIpc) is 2.45. The van der Waals surface area contributed by atoms with Gasteiger partial charge >= 0.3 is 0 Å². The van der Waals surface area contributed by atoms with E-state index in [4.69, 9.17) is 5.73 Å². The van der Waals surface area contributed by atoms with Crippen LogP contribution in [0.3, 0.4) is 0 Å². The Morgan fingerprint density at radius 1 is 1.19 bits per heavy atom. The van der Waals surface area contributed by atoms with E-state index in [1.807, 2.05) is 13.8 Å². The molecule has 0 radical (unpaired) electrons. The molecule has 1 aromatic heterocycles. The molecule has 0 saturated carbocycles. The van der Waals surface area contributed by atoms with Crippen LogP contribution >= 0.6 is 0 Å². The lowest BCUT2D eigenvalue weighted by molar-refractivity contribution is 0.592. The van der Waals surface area contributed by atoms with Gasteiger partial charge in [-0.2, -0.15) is 0 Å². The highest BCUT2D eigenvalue weighted by Crippen LogP contribution is 2.27. The lowest BCUT2D eigenvalue weighted by atomic mass is 10.1. The minimum Gasteiger partial charge on any atom is -0.398 e. The smallest absolute Gasteiger partial charge is 0.264 e. The largest absolute Gasteiger partial charge is 0.398 e. The molecule has 0 aliphatic heterocycles. The number of nitrogens with zero attached hydrogens (tertiary/aromatic N) is 2. The summed E-state index contributed by atoms with van der Waals surface area (Å²) in [5.41, 5.74) is 8.74. The van der Waals surface area contributed by atoms with E-state index in [1.165, 1.54) is 10.4 Å². The van der Waals surface area contributed by atoms with E-state index >= 15 is 0 Å². The van der Waals surface area contributed by atoms with Crippen LogP contribution in [0.2, 0.25) is 0 Å². The Kier molecular flexibility index (Phi) is 4.18. The molecule has 0 spiro atoms. The standard InChI is InChI=1S/C15H19N3O2S/c1-4-18(13-5-7-17-8-6-13)21(19,20)14-9-11(2)12(3)15(16)10-14/h5-10H,4,16H2,1-3H3. The molecular formula is C15H19N3O2S. The first-order valence-electron chi connectivity index (χ1n) is 6.67. The van der Waals surface area contributed by atoms with Crippen LogP contribution in [-0.4, -0.2) is 19.9 Å². The normalized spacial score (nSPS) is 11.4. The van der Waals surface area contributed by atoms with Gasteiger partial charge in [0.2, 0.25) is 0 Å². The van der Waals surface area contributed by atoms with E-state index in [-0.39, 0.29) is 4.90 Å². The molecule has 0 aliphatic carbocycles. The van der Waals surface area contributed by atoms with E-state index in [0.29, 0.717) is 17.9 Å². The number of nitrogen functional groups attached to an aromatic ring is 1. The maximum Gasteiger partial charge on any atom is 0.264 e. The third-order valence-corrected chi connectivity index (χ3v) is 5.39. The highest BCUT2D eigenvalue weighted by atomic mass is 32.2. The lowest BCUT2D eigenvalue weighted by Crippen LogP contribution is -2.31. The quantitative estimate of drug-likeness (QED) is 0.881. The highest BCUT2D eigenvalue weighted by molar-refractivity contribution is 7.92. The fourth-order valence-corrected chi connectivity index (χ4v) is 3.73. The Balaban J connectivity index is 2.55. The molecule has 0 amide bonds. The number of hydrogen-bond acceptors (Lipinski definition) is 4. The Labute approximate surface area is 125 Å². The van der Waals surface area contributed by atoms with Crippen molar-refractivity contribution in [2.45, 2.75) is 25.7 Å². The van der Waals surface area contributed by atoms with E-state index in [2.05, 4.69) is 4.98 Å². The number of pyridine rings is 1. The number of rotatable bonds is 4. The number of benzene rings is 1. The number of sulfonamides is 1. The van der Waals surface area contributed by atoms with Gasteiger partial charge in [-0.3, -0.25) is 9.29 Å². The van der Waals surface area contributed by atoms with E-state index in [9.17, 15) is 8.42 Å². The molecule has 0 unspecified atom stereocenters. The van der Waals surface area contributed by atoms with E-state index < -0.39 is 10.0 Å². The van der Waals surface area contributed by atoms with Crippen LogP contribution in [0.5, 0.6) is 0 Å². The van der Waals surface area contributed by atoms with Crippen molar-refractivity contribution in [3.05, 3.63) is 47.8 Å². The zero-order chi connectivity index (χ0) is 15.6. The Hall–Kier alpha value is -2.08. The van der Waals surface area contributed by atoms with Gasteiger partial charge in [0.15, 0.2) is 0 Å². The molecule has 0 saturated heterocycles. The monoisotopic (exact) mass is 305 g/mol. The third kappa shape index (κ3) is 2.85. The molecule has 0 atom stereocenters. The molecule has 2 rings (SSSR count). The second-order valence-corrected chi connectivity index (χ2v) is 6.69. The van der Waals surface area contributed by atoms with Gasteiger partial charge in [0, 0.05) is 24.6 Å². The molecule has 21 heavy (non-hydrogen) atoms.